The number of amides is 2. The van der Waals surface area contributed by atoms with Crippen LogP contribution in [0.25, 0.3) is 0 Å². The molecule has 1 aromatic carbocycles. The van der Waals surface area contributed by atoms with Crippen molar-refractivity contribution >= 4 is 11.8 Å². The third-order valence-corrected chi connectivity index (χ3v) is 5.16. The van der Waals surface area contributed by atoms with Gasteiger partial charge in [0.2, 0.25) is 11.8 Å². The number of hydrogen-bond donors (Lipinski definition) is 1. The van der Waals surface area contributed by atoms with Gasteiger partial charge in [0.15, 0.2) is 0 Å². The average molecular weight is 270 g/mol. The van der Waals surface area contributed by atoms with Gasteiger partial charge in [-0.15, -0.1) is 0 Å². The van der Waals surface area contributed by atoms with Gasteiger partial charge in [-0.2, -0.15) is 0 Å². The monoisotopic (exact) mass is 270 g/mol. The highest BCUT2D eigenvalue weighted by molar-refractivity contribution is 6.06. The van der Waals surface area contributed by atoms with Crippen molar-refractivity contribution in [2.45, 2.75) is 31.7 Å². The smallest absolute Gasteiger partial charge is 0.234 e. The number of benzene rings is 1. The zero-order valence-electron chi connectivity index (χ0n) is 11.4. The molecule has 2 fully saturated rings. The van der Waals surface area contributed by atoms with E-state index < -0.39 is 5.41 Å². The first-order valence-corrected chi connectivity index (χ1v) is 7.31. The fourth-order valence-electron chi connectivity index (χ4n) is 4.03. The lowest BCUT2D eigenvalue weighted by Crippen LogP contribution is -2.39. The van der Waals surface area contributed by atoms with E-state index in [1.54, 1.807) is 0 Å². The zero-order chi connectivity index (χ0) is 13.7. The van der Waals surface area contributed by atoms with E-state index in [9.17, 15) is 9.59 Å². The van der Waals surface area contributed by atoms with Crippen LogP contribution in [-0.4, -0.2) is 35.8 Å². The summed E-state index contributed by atoms with van der Waals surface area (Å²) in [5.74, 6) is -0.160. The van der Waals surface area contributed by atoms with Gasteiger partial charge in [-0.3, -0.25) is 19.8 Å². The lowest BCUT2D eigenvalue weighted by atomic mass is 9.85. The van der Waals surface area contributed by atoms with E-state index in [4.69, 9.17) is 0 Å². The number of nitrogens with one attached hydrogen (secondary N) is 1. The Bertz CT molecular complexity index is 573. The van der Waals surface area contributed by atoms with E-state index in [0.29, 0.717) is 12.5 Å². The summed E-state index contributed by atoms with van der Waals surface area (Å²) in [6, 6.07) is 9.08. The summed E-state index contributed by atoms with van der Waals surface area (Å²) in [5.41, 5.74) is 2.43. The summed E-state index contributed by atoms with van der Waals surface area (Å²) in [5, 5.41) is 2.47. The van der Waals surface area contributed by atoms with Crippen LogP contribution in [0.1, 0.15) is 24.0 Å². The summed E-state index contributed by atoms with van der Waals surface area (Å²) >= 11 is 0. The van der Waals surface area contributed by atoms with Crippen molar-refractivity contribution in [2.75, 3.05) is 13.1 Å². The summed E-state index contributed by atoms with van der Waals surface area (Å²) < 4.78 is 0. The molecule has 3 aliphatic rings. The molecule has 2 aliphatic heterocycles. The van der Waals surface area contributed by atoms with Gasteiger partial charge in [0, 0.05) is 19.0 Å². The van der Waals surface area contributed by atoms with Gasteiger partial charge in [0.05, 0.1) is 5.41 Å². The second kappa shape index (κ2) is 4.16. The molecule has 1 aliphatic carbocycles. The van der Waals surface area contributed by atoms with Crippen LogP contribution in [0.3, 0.4) is 0 Å². The molecule has 1 unspecified atom stereocenters. The molecule has 0 saturated carbocycles. The minimum atomic E-state index is -0.439. The predicted octanol–water partition coefficient (Wildman–Crippen LogP) is 0.892. The van der Waals surface area contributed by atoms with Crippen LogP contribution < -0.4 is 5.32 Å². The molecule has 0 radical (unpaired) electrons. The highest BCUT2D eigenvalue weighted by atomic mass is 16.2. The second-order valence-electron chi connectivity index (χ2n) is 6.39. The van der Waals surface area contributed by atoms with E-state index in [1.165, 1.54) is 11.1 Å². The Morgan fingerprint density at radius 3 is 2.45 bits per heavy atom. The van der Waals surface area contributed by atoms with Crippen LogP contribution in [0.2, 0.25) is 0 Å². The van der Waals surface area contributed by atoms with Gasteiger partial charge in [-0.05, 0) is 36.9 Å². The molecule has 0 bridgehead atoms. The number of carbonyl (C=O) groups excluding carboxylic acids is 2. The molecule has 20 heavy (non-hydrogen) atoms. The van der Waals surface area contributed by atoms with E-state index in [1.807, 2.05) is 0 Å². The van der Waals surface area contributed by atoms with Crippen molar-refractivity contribution in [3.05, 3.63) is 35.4 Å². The second-order valence-corrected chi connectivity index (χ2v) is 6.39. The molecule has 4 heteroatoms. The molecule has 0 aromatic heterocycles. The fraction of sp³-hybridized carbons (Fsp3) is 0.500. The van der Waals surface area contributed by atoms with Gasteiger partial charge < -0.3 is 0 Å². The SMILES string of the molecule is O=C1CC2(CCN(C3Cc4ccccc4C3)C2)C(=O)N1. The Kier molecular flexibility index (Phi) is 2.51. The summed E-state index contributed by atoms with van der Waals surface area (Å²) in [6.07, 6.45) is 3.34. The maximum Gasteiger partial charge on any atom is 0.234 e. The largest absolute Gasteiger partial charge is 0.299 e. The first-order chi connectivity index (χ1) is 9.66. The minimum Gasteiger partial charge on any atom is -0.299 e. The van der Waals surface area contributed by atoms with Gasteiger partial charge >= 0.3 is 0 Å². The molecule has 2 saturated heterocycles. The molecule has 4 rings (SSSR count). The minimum absolute atomic E-state index is 0.0551. The van der Waals surface area contributed by atoms with Gasteiger partial charge in [-0.1, -0.05) is 24.3 Å². The number of rotatable bonds is 1. The first-order valence-electron chi connectivity index (χ1n) is 7.31. The molecule has 4 nitrogen and oxygen atoms in total. The molecule has 1 spiro atoms. The van der Waals surface area contributed by atoms with Crippen LogP contribution in [0, 0.1) is 5.41 Å². The van der Waals surface area contributed by atoms with Gasteiger partial charge in [-0.25, -0.2) is 0 Å². The number of likely N-dealkylation sites (tertiary alicyclic amines) is 1. The summed E-state index contributed by atoms with van der Waals surface area (Å²) in [6.45, 7) is 1.67. The number of carbonyl (C=O) groups is 2. The number of fused-ring (bicyclic) bond motifs is 1. The maximum absolute atomic E-state index is 12.0. The number of imide groups is 1. The predicted molar refractivity (Wildman–Crippen MR) is 74.0 cm³/mol. The Hall–Kier alpha value is -1.68. The standard InChI is InChI=1S/C16H18N2O2/c19-14-9-16(15(20)17-14)5-6-18(10-16)13-7-11-3-1-2-4-12(11)8-13/h1-4,13H,5-10H2,(H,17,19,20). The lowest BCUT2D eigenvalue weighted by Gasteiger charge is -2.25. The summed E-state index contributed by atoms with van der Waals surface area (Å²) in [7, 11) is 0. The van der Waals surface area contributed by atoms with Crippen molar-refractivity contribution < 1.29 is 9.59 Å². The van der Waals surface area contributed by atoms with Gasteiger partial charge in [0.1, 0.15) is 0 Å². The van der Waals surface area contributed by atoms with E-state index in [-0.39, 0.29) is 11.8 Å². The molecule has 1 atom stereocenters. The fourth-order valence-corrected chi connectivity index (χ4v) is 4.03. The van der Waals surface area contributed by atoms with Crippen molar-refractivity contribution in [3.63, 3.8) is 0 Å². The molecular formula is C16H18N2O2. The van der Waals surface area contributed by atoms with E-state index in [2.05, 4.69) is 34.5 Å². The topological polar surface area (TPSA) is 49.4 Å². The van der Waals surface area contributed by atoms with Crippen LogP contribution in [-0.2, 0) is 22.4 Å². The first kappa shape index (κ1) is 12.1. The Balaban J connectivity index is 1.51. The van der Waals surface area contributed by atoms with Gasteiger partial charge in [0.25, 0.3) is 0 Å². The van der Waals surface area contributed by atoms with Crippen LogP contribution in [0.5, 0.6) is 0 Å². The Morgan fingerprint density at radius 2 is 1.85 bits per heavy atom. The van der Waals surface area contributed by atoms with Crippen LogP contribution in [0.4, 0.5) is 0 Å². The third-order valence-electron chi connectivity index (χ3n) is 5.16. The maximum atomic E-state index is 12.0. The van der Waals surface area contributed by atoms with Crippen molar-refractivity contribution in [2.24, 2.45) is 5.41 Å². The quantitative estimate of drug-likeness (QED) is 0.771. The van der Waals surface area contributed by atoms with Crippen molar-refractivity contribution in [1.82, 2.24) is 10.2 Å². The van der Waals surface area contributed by atoms with Crippen molar-refractivity contribution in [3.8, 4) is 0 Å². The Labute approximate surface area is 118 Å². The average Bonchev–Trinajstić information content (AvgIpc) is 3.08. The van der Waals surface area contributed by atoms with Crippen LogP contribution in [0.15, 0.2) is 24.3 Å². The molecule has 1 aromatic rings. The highest BCUT2D eigenvalue weighted by Gasteiger charge is 2.52. The van der Waals surface area contributed by atoms with E-state index >= 15 is 0 Å². The molecular weight excluding hydrogens is 252 g/mol. The van der Waals surface area contributed by atoms with Crippen molar-refractivity contribution in [1.29, 1.82) is 0 Å². The molecule has 104 valence electrons. The normalized spacial score (nSPS) is 30.2. The molecule has 2 heterocycles. The highest BCUT2D eigenvalue weighted by Crippen LogP contribution is 2.40. The lowest BCUT2D eigenvalue weighted by molar-refractivity contribution is -0.128. The number of hydrogen-bond acceptors (Lipinski definition) is 3. The van der Waals surface area contributed by atoms with Crippen LogP contribution >= 0.6 is 0 Å². The Morgan fingerprint density at radius 1 is 1.15 bits per heavy atom. The zero-order valence-corrected chi connectivity index (χ0v) is 11.4. The molecule has 2 amide bonds. The molecule has 1 N–H and O–H groups in total. The van der Waals surface area contributed by atoms with E-state index in [0.717, 1.165) is 32.4 Å². The summed E-state index contributed by atoms with van der Waals surface area (Å²) in [4.78, 5) is 25.9. The third kappa shape index (κ3) is 1.71. The number of nitrogens with zero attached hydrogens (tertiary/aromatic N) is 1.